The Hall–Kier alpha value is 0.439. The van der Waals surface area contributed by atoms with Crippen molar-refractivity contribution in [2.24, 2.45) is 0 Å². The Morgan fingerprint density at radius 3 is 0.636 bits per heavy atom. The first-order chi connectivity index (χ1) is 4.00. The Morgan fingerprint density at radius 1 is 0.636 bits per heavy atom. The first-order valence-electron chi connectivity index (χ1n) is 3.45. The predicted molar refractivity (Wildman–Crippen MR) is 43.9 cm³/mol. The molecule has 0 aromatic carbocycles. The van der Waals surface area contributed by atoms with E-state index in [4.69, 9.17) is 10.2 Å². The standard InChI is InChI=1S/2C4H10O.Cu/c2*1-4(2,3)5;/h2*5H,1-3H3;. The van der Waals surface area contributed by atoms with Gasteiger partial charge in [0.1, 0.15) is 0 Å². The third-order valence-electron chi connectivity index (χ3n) is 0. The summed E-state index contributed by atoms with van der Waals surface area (Å²) in [6.07, 6.45) is 0. The molecule has 0 bridgehead atoms. The summed E-state index contributed by atoms with van der Waals surface area (Å²) >= 11 is 0. The van der Waals surface area contributed by atoms with Gasteiger partial charge in [-0.05, 0) is 41.5 Å². The smallest absolute Gasteiger partial charge is 0.0563 e. The molecule has 0 spiro atoms. The van der Waals surface area contributed by atoms with Crippen LogP contribution < -0.4 is 0 Å². The summed E-state index contributed by atoms with van der Waals surface area (Å²) in [6, 6.07) is 0. The van der Waals surface area contributed by atoms with E-state index in [2.05, 4.69) is 0 Å². The fraction of sp³-hybridized carbons (Fsp3) is 1.00. The van der Waals surface area contributed by atoms with Gasteiger partial charge in [-0.25, -0.2) is 0 Å². The van der Waals surface area contributed by atoms with Crippen LogP contribution in [0.5, 0.6) is 0 Å². The van der Waals surface area contributed by atoms with Crippen LogP contribution in [0.3, 0.4) is 0 Å². The zero-order valence-corrected chi connectivity index (χ0v) is 9.14. The Balaban J connectivity index is -0.000000107. The molecule has 0 aliphatic heterocycles. The SMILES string of the molecule is CC(C)(C)O.CC(C)(C)O.[Cu]. The molecule has 3 heteroatoms. The van der Waals surface area contributed by atoms with Gasteiger partial charge in [-0.3, -0.25) is 0 Å². The quantitative estimate of drug-likeness (QED) is 0.597. The molecular weight excluding hydrogens is 192 g/mol. The third-order valence-corrected chi connectivity index (χ3v) is 0. The monoisotopic (exact) mass is 211 g/mol. The molecular formula is C8H20CuO2. The molecule has 0 aliphatic rings. The molecule has 0 unspecified atom stereocenters. The Labute approximate surface area is 80.5 Å². The van der Waals surface area contributed by atoms with Crippen LogP contribution in [0.15, 0.2) is 0 Å². The number of hydrogen-bond donors (Lipinski definition) is 2. The van der Waals surface area contributed by atoms with Crippen LogP contribution in [0.2, 0.25) is 0 Å². The average Bonchev–Trinajstić information content (AvgIpc) is 1.12. The topological polar surface area (TPSA) is 40.5 Å². The van der Waals surface area contributed by atoms with Crippen molar-refractivity contribution in [1.29, 1.82) is 0 Å². The normalized spacial score (nSPS) is 10.9. The van der Waals surface area contributed by atoms with Crippen molar-refractivity contribution >= 4 is 0 Å². The molecule has 0 amide bonds. The van der Waals surface area contributed by atoms with Gasteiger partial charge in [0.05, 0.1) is 11.2 Å². The van der Waals surface area contributed by atoms with Crippen molar-refractivity contribution in [2.45, 2.75) is 52.7 Å². The van der Waals surface area contributed by atoms with Crippen LogP contribution in [-0.4, -0.2) is 21.4 Å². The summed E-state index contributed by atoms with van der Waals surface area (Å²) < 4.78 is 0. The molecule has 0 saturated carbocycles. The van der Waals surface area contributed by atoms with Crippen LogP contribution in [0.25, 0.3) is 0 Å². The van der Waals surface area contributed by atoms with E-state index < -0.39 is 11.2 Å². The first kappa shape index (κ1) is 17.5. The molecule has 2 nitrogen and oxygen atoms in total. The van der Waals surface area contributed by atoms with E-state index in [0.29, 0.717) is 0 Å². The Bertz CT molecular complexity index is 55.1. The van der Waals surface area contributed by atoms with Crippen LogP contribution >= 0.6 is 0 Å². The molecule has 0 heterocycles. The first-order valence-corrected chi connectivity index (χ1v) is 3.45. The van der Waals surface area contributed by atoms with Gasteiger partial charge < -0.3 is 10.2 Å². The van der Waals surface area contributed by atoms with E-state index in [-0.39, 0.29) is 17.1 Å². The summed E-state index contributed by atoms with van der Waals surface area (Å²) in [6.45, 7) is 10.5. The minimum Gasteiger partial charge on any atom is -0.391 e. The maximum Gasteiger partial charge on any atom is 0.0563 e. The van der Waals surface area contributed by atoms with Crippen LogP contribution in [-0.2, 0) is 17.1 Å². The largest absolute Gasteiger partial charge is 0.391 e. The van der Waals surface area contributed by atoms with Gasteiger partial charge in [0.2, 0.25) is 0 Å². The van der Waals surface area contributed by atoms with Gasteiger partial charge >= 0.3 is 0 Å². The van der Waals surface area contributed by atoms with Gasteiger partial charge in [0, 0.05) is 17.1 Å². The van der Waals surface area contributed by atoms with Crippen molar-refractivity contribution < 1.29 is 27.3 Å². The molecule has 11 heavy (non-hydrogen) atoms. The molecule has 75 valence electrons. The number of rotatable bonds is 0. The molecule has 0 aliphatic carbocycles. The minimum absolute atomic E-state index is 0. The molecule has 0 aromatic rings. The van der Waals surface area contributed by atoms with Gasteiger partial charge in [-0.2, -0.15) is 0 Å². The summed E-state index contributed by atoms with van der Waals surface area (Å²) in [5.74, 6) is 0. The maximum absolute atomic E-state index is 8.52. The second-order valence-electron chi connectivity index (χ2n) is 4.34. The molecule has 0 aromatic heterocycles. The number of hydrogen-bond acceptors (Lipinski definition) is 2. The maximum atomic E-state index is 8.52. The summed E-state index contributed by atoms with van der Waals surface area (Å²) in [7, 11) is 0. The molecule has 1 radical (unpaired) electrons. The van der Waals surface area contributed by atoms with E-state index in [1.165, 1.54) is 0 Å². The van der Waals surface area contributed by atoms with Crippen molar-refractivity contribution in [3.8, 4) is 0 Å². The Morgan fingerprint density at radius 2 is 0.636 bits per heavy atom. The van der Waals surface area contributed by atoms with E-state index in [1.807, 2.05) is 0 Å². The second kappa shape index (κ2) is 6.01. The average molecular weight is 212 g/mol. The van der Waals surface area contributed by atoms with Crippen LogP contribution in [0, 0.1) is 0 Å². The van der Waals surface area contributed by atoms with Crippen LogP contribution in [0.4, 0.5) is 0 Å². The van der Waals surface area contributed by atoms with Crippen molar-refractivity contribution in [3.05, 3.63) is 0 Å². The fourth-order valence-electron chi connectivity index (χ4n) is 0. The van der Waals surface area contributed by atoms with E-state index in [1.54, 1.807) is 41.5 Å². The van der Waals surface area contributed by atoms with E-state index in [9.17, 15) is 0 Å². The summed E-state index contributed by atoms with van der Waals surface area (Å²) in [5, 5.41) is 17.0. The van der Waals surface area contributed by atoms with Crippen molar-refractivity contribution in [2.75, 3.05) is 0 Å². The zero-order chi connectivity index (χ0) is 9.00. The molecule has 0 saturated heterocycles. The molecule has 0 rings (SSSR count). The van der Waals surface area contributed by atoms with Crippen molar-refractivity contribution in [1.82, 2.24) is 0 Å². The predicted octanol–water partition coefficient (Wildman–Crippen LogP) is 1.55. The van der Waals surface area contributed by atoms with Crippen LogP contribution in [0.1, 0.15) is 41.5 Å². The second-order valence-corrected chi connectivity index (χ2v) is 4.34. The van der Waals surface area contributed by atoms with Gasteiger partial charge in [0.25, 0.3) is 0 Å². The minimum atomic E-state index is -0.500. The zero-order valence-electron chi connectivity index (χ0n) is 8.20. The Kier molecular flexibility index (Phi) is 9.57. The molecule has 2 N–H and O–H groups in total. The van der Waals surface area contributed by atoms with E-state index in [0.717, 1.165) is 0 Å². The fourth-order valence-corrected chi connectivity index (χ4v) is 0. The summed E-state index contributed by atoms with van der Waals surface area (Å²) in [5.41, 5.74) is -1.00. The third kappa shape index (κ3) is 3850. The van der Waals surface area contributed by atoms with Gasteiger partial charge in [-0.1, -0.05) is 0 Å². The molecule has 0 fully saturated rings. The summed E-state index contributed by atoms with van der Waals surface area (Å²) in [4.78, 5) is 0. The van der Waals surface area contributed by atoms with Crippen molar-refractivity contribution in [3.63, 3.8) is 0 Å². The van der Waals surface area contributed by atoms with E-state index >= 15 is 0 Å². The van der Waals surface area contributed by atoms with Gasteiger partial charge in [0.15, 0.2) is 0 Å². The number of aliphatic hydroxyl groups is 2. The molecule has 0 atom stereocenters. The van der Waals surface area contributed by atoms with Gasteiger partial charge in [-0.15, -0.1) is 0 Å².